The lowest BCUT2D eigenvalue weighted by atomic mass is 10.2. The van der Waals surface area contributed by atoms with Gasteiger partial charge in [0.15, 0.2) is 6.54 Å². The molecule has 2 atom stereocenters. The summed E-state index contributed by atoms with van der Waals surface area (Å²) in [6, 6.07) is 9.18. The molecule has 28 heavy (non-hydrogen) atoms. The number of nitrogens with one attached hydrogen (secondary N) is 2. The van der Waals surface area contributed by atoms with Crippen molar-refractivity contribution in [3.63, 3.8) is 0 Å². The van der Waals surface area contributed by atoms with Gasteiger partial charge >= 0.3 is 0 Å². The number of likely N-dealkylation sites (tertiary alicyclic amines) is 1. The lowest BCUT2D eigenvalue weighted by Crippen LogP contribution is -3.11. The lowest BCUT2D eigenvalue weighted by molar-refractivity contribution is -0.910. The van der Waals surface area contributed by atoms with E-state index in [1.165, 1.54) is 37.0 Å². The average molecular weight is 425 g/mol. The van der Waals surface area contributed by atoms with Crippen molar-refractivity contribution in [1.29, 1.82) is 0 Å². The summed E-state index contributed by atoms with van der Waals surface area (Å²) >= 11 is 1.73. The Morgan fingerprint density at radius 1 is 1.36 bits per heavy atom. The van der Waals surface area contributed by atoms with Gasteiger partial charge in [0.25, 0.3) is 5.91 Å². The molecule has 1 aliphatic rings. The van der Waals surface area contributed by atoms with Gasteiger partial charge in [-0.25, -0.2) is 12.7 Å². The zero-order chi connectivity index (χ0) is 20.3. The van der Waals surface area contributed by atoms with E-state index < -0.39 is 10.0 Å². The summed E-state index contributed by atoms with van der Waals surface area (Å²) in [5, 5.41) is 4.91. The predicted molar refractivity (Wildman–Crippen MR) is 109 cm³/mol. The minimum Gasteiger partial charge on any atom is -0.495 e. The number of amides is 1. The fourth-order valence-electron chi connectivity index (χ4n) is 3.52. The Bertz CT molecular complexity index is 927. The van der Waals surface area contributed by atoms with Crippen LogP contribution in [0.1, 0.15) is 23.8 Å². The number of methoxy groups -OCH3 is 1. The molecular weight excluding hydrogens is 398 g/mol. The molecule has 0 spiro atoms. The maximum Gasteiger partial charge on any atom is 0.279 e. The Balaban J connectivity index is 1.74. The van der Waals surface area contributed by atoms with E-state index in [1.54, 1.807) is 23.5 Å². The molecule has 1 amide bonds. The van der Waals surface area contributed by atoms with E-state index in [0.717, 1.165) is 23.7 Å². The van der Waals surface area contributed by atoms with Gasteiger partial charge < -0.3 is 15.0 Å². The number of benzene rings is 1. The van der Waals surface area contributed by atoms with Crippen molar-refractivity contribution in [1.82, 2.24) is 4.31 Å². The van der Waals surface area contributed by atoms with Crippen LogP contribution < -0.4 is 15.0 Å². The van der Waals surface area contributed by atoms with E-state index in [0.29, 0.717) is 18.3 Å². The largest absolute Gasteiger partial charge is 0.495 e. The number of thiophene rings is 1. The minimum absolute atomic E-state index is 0.0304. The second-order valence-corrected chi connectivity index (χ2v) is 10.1. The van der Waals surface area contributed by atoms with Crippen LogP contribution in [0, 0.1) is 0 Å². The first kappa shape index (κ1) is 20.8. The third-order valence-electron chi connectivity index (χ3n) is 4.96. The number of sulfonamides is 1. The number of anilines is 1. The van der Waals surface area contributed by atoms with Crippen LogP contribution in [0.5, 0.6) is 5.75 Å². The van der Waals surface area contributed by atoms with Crippen LogP contribution in [0.2, 0.25) is 0 Å². The summed E-state index contributed by atoms with van der Waals surface area (Å²) in [5.41, 5.74) is 0.442. The van der Waals surface area contributed by atoms with Gasteiger partial charge in [-0.05, 0) is 29.6 Å². The molecule has 1 aromatic heterocycles. The number of rotatable bonds is 7. The SMILES string of the molecule is COc1ccc(NC(=O)C[NH+]2CCC[C@@H]2c2cccs2)cc1S(=O)(=O)N(C)C. The maximum atomic E-state index is 12.6. The number of carbonyl (C=O) groups is 1. The zero-order valence-corrected chi connectivity index (χ0v) is 17.9. The van der Waals surface area contributed by atoms with Gasteiger partial charge in [0.05, 0.1) is 18.5 Å². The molecule has 2 aromatic rings. The van der Waals surface area contributed by atoms with E-state index in [4.69, 9.17) is 4.74 Å². The second-order valence-electron chi connectivity index (χ2n) is 7.00. The Morgan fingerprint density at radius 3 is 2.79 bits per heavy atom. The molecule has 1 unspecified atom stereocenters. The summed E-state index contributed by atoms with van der Waals surface area (Å²) in [6.45, 7) is 1.31. The quantitative estimate of drug-likeness (QED) is 0.704. The van der Waals surface area contributed by atoms with Crippen molar-refractivity contribution in [3.8, 4) is 5.75 Å². The van der Waals surface area contributed by atoms with Crippen molar-refractivity contribution in [2.75, 3.05) is 39.6 Å². The Labute approximate surface area is 170 Å². The predicted octanol–water partition coefficient (Wildman–Crippen LogP) is 1.37. The fourth-order valence-corrected chi connectivity index (χ4v) is 5.52. The van der Waals surface area contributed by atoms with Gasteiger partial charge in [-0.15, -0.1) is 11.3 Å². The molecule has 1 aromatic carbocycles. The van der Waals surface area contributed by atoms with Crippen LogP contribution in [0.3, 0.4) is 0 Å². The van der Waals surface area contributed by atoms with Gasteiger partial charge in [-0.3, -0.25) is 4.79 Å². The molecule has 0 bridgehead atoms. The number of ether oxygens (including phenoxy) is 1. The first-order chi connectivity index (χ1) is 13.3. The van der Waals surface area contributed by atoms with Gasteiger partial charge in [0, 0.05) is 32.6 Å². The van der Waals surface area contributed by atoms with Crippen LogP contribution in [0.4, 0.5) is 5.69 Å². The monoisotopic (exact) mass is 424 g/mol. The van der Waals surface area contributed by atoms with Crippen molar-refractivity contribution in [3.05, 3.63) is 40.6 Å². The number of nitrogens with zero attached hydrogens (tertiary/aromatic N) is 1. The van der Waals surface area contributed by atoms with Crippen LogP contribution >= 0.6 is 11.3 Å². The van der Waals surface area contributed by atoms with Crippen LogP contribution in [0.15, 0.2) is 40.6 Å². The molecule has 0 aliphatic carbocycles. The number of hydrogen-bond acceptors (Lipinski definition) is 5. The highest BCUT2D eigenvalue weighted by atomic mass is 32.2. The van der Waals surface area contributed by atoms with E-state index >= 15 is 0 Å². The fraction of sp³-hybridized carbons (Fsp3) is 0.421. The number of carbonyl (C=O) groups excluding carboxylic acids is 1. The molecule has 0 radical (unpaired) electrons. The molecule has 2 heterocycles. The van der Waals surface area contributed by atoms with Crippen LogP contribution in [-0.4, -0.2) is 52.9 Å². The van der Waals surface area contributed by atoms with E-state index in [-0.39, 0.29) is 16.6 Å². The number of quaternary nitrogens is 1. The zero-order valence-electron chi connectivity index (χ0n) is 16.3. The second kappa shape index (κ2) is 8.60. The maximum absolute atomic E-state index is 12.6. The summed E-state index contributed by atoms with van der Waals surface area (Å²) in [6.07, 6.45) is 2.18. The van der Waals surface area contributed by atoms with Gasteiger partial charge in [0.2, 0.25) is 10.0 Å². The van der Waals surface area contributed by atoms with Crippen molar-refractivity contribution in [2.45, 2.75) is 23.8 Å². The molecule has 9 heteroatoms. The van der Waals surface area contributed by atoms with Crippen LogP contribution in [-0.2, 0) is 14.8 Å². The first-order valence-corrected chi connectivity index (χ1v) is 11.4. The van der Waals surface area contributed by atoms with Crippen LogP contribution in [0.25, 0.3) is 0 Å². The Kier molecular flexibility index (Phi) is 6.39. The molecule has 1 aliphatic heterocycles. The smallest absolute Gasteiger partial charge is 0.279 e. The highest BCUT2D eigenvalue weighted by Crippen LogP contribution is 2.29. The number of hydrogen-bond donors (Lipinski definition) is 2. The van der Waals surface area contributed by atoms with Crippen molar-refractivity contribution in [2.24, 2.45) is 0 Å². The third-order valence-corrected chi connectivity index (χ3v) is 7.79. The summed E-state index contributed by atoms with van der Waals surface area (Å²) in [5.74, 6) is 0.117. The lowest BCUT2D eigenvalue weighted by Gasteiger charge is -2.20. The van der Waals surface area contributed by atoms with Gasteiger partial charge in [-0.1, -0.05) is 6.07 Å². The van der Waals surface area contributed by atoms with Crippen molar-refractivity contribution >= 4 is 33.0 Å². The normalized spacial score (nSPS) is 19.7. The minimum atomic E-state index is -3.69. The molecule has 1 fully saturated rings. The molecule has 0 saturated carbocycles. The standard InChI is InChI=1S/C19H25N3O4S2/c1-21(2)28(24,25)18-12-14(8-9-16(18)26-3)20-19(23)13-22-10-4-6-15(22)17-7-5-11-27-17/h5,7-9,11-12,15H,4,6,10,13H2,1-3H3,(H,20,23)/p+1/t15-/m1/s1. The van der Waals surface area contributed by atoms with E-state index in [1.807, 2.05) is 6.07 Å². The third kappa shape index (κ3) is 4.38. The highest BCUT2D eigenvalue weighted by molar-refractivity contribution is 7.89. The van der Waals surface area contributed by atoms with Gasteiger partial charge in [-0.2, -0.15) is 0 Å². The van der Waals surface area contributed by atoms with E-state index in [2.05, 4.69) is 16.8 Å². The summed E-state index contributed by atoms with van der Waals surface area (Å²) < 4.78 is 31.4. The average Bonchev–Trinajstić information content (AvgIpc) is 3.32. The summed E-state index contributed by atoms with van der Waals surface area (Å²) in [7, 11) is 0.654. The molecule has 152 valence electrons. The molecule has 2 N–H and O–H groups in total. The van der Waals surface area contributed by atoms with E-state index in [9.17, 15) is 13.2 Å². The van der Waals surface area contributed by atoms with Crippen molar-refractivity contribution < 1.29 is 22.8 Å². The van der Waals surface area contributed by atoms with Gasteiger partial charge in [0.1, 0.15) is 16.7 Å². The molecule has 7 nitrogen and oxygen atoms in total. The topological polar surface area (TPSA) is 80.1 Å². The molecule has 1 saturated heterocycles. The Morgan fingerprint density at radius 2 is 2.14 bits per heavy atom. The molecule has 3 rings (SSSR count). The summed E-state index contributed by atoms with van der Waals surface area (Å²) in [4.78, 5) is 15.2. The highest BCUT2D eigenvalue weighted by Gasteiger charge is 2.32. The Hall–Kier alpha value is -1.94. The first-order valence-electron chi connectivity index (χ1n) is 9.11. The molecular formula is C19H26N3O4S2+.